The van der Waals surface area contributed by atoms with Gasteiger partial charge in [-0.2, -0.15) is 5.10 Å². The van der Waals surface area contributed by atoms with Crippen LogP contribution in [0.15, 0.2) is 12.1 Å². The van der Waals surface area contributed by atoms with Gasteiger partial charge in [-0.25, -0.2) is 9.78 Å². The Hall–Kier alpha value is -2.54. The Morgan fingerprint density at radius 2 is 2.11 bits per heavy atom. The zero-order valence-corrected chi connectivity index (χ0v) is 16.6. The van der Waals surface area contributed by atoms with Crippen molar-refractivity contribution in [1.29, 1.82) is 0 Å². The number of rotatable bonds is 1. The molecule has 3 aromatic rings. The van der Waals surface area contributed by atoms with Crippen LogP contribution in [0.5, 0.6) is 0 Å². The Morgan fingerprint density at radius 3 is 2.85 bits per heavy atom. The molecule has 0 saturated heterocycles. The summed E-state index contributed by atoms with van der Waals surface area (Å²) in [5, 5.41) is 8.21. The molecular weight excluding hydrogens is 366 g/mol. The number of amides is 1. The lowest BCUT2D eigenvalue weighted by Gasteiger charge is -2.30. The molecule has 8 heteroatoms. The third kappa shape index (κ3) is 3.39. The van der Waals surface area contributed by atoms with Gasteiger partial charge in [-0.15, -0.1) is 0 Å². The Kier molecular flexibility index (Phi) is 4.14. The van der Waals surface area contributed by atoms with E-state index in [2.05, 4.69) is 20.2 Å². The number of hydrogen-bond acceptors (Lipinski definition) is 4. The van der Waals surface area contributed by atoms with Crippen LogP contribution in [0.1, 0.15) is 37.6 Å². The van der Waals surface area contributed by atoms with Gasteiger partial charge in [-0.05, 0) is 45.4 Å². The number of H-pyrrole nitrogens is 2. The summed E-state index contributed by atoms with van der Waals surface area (Å²) in [6.07, 6.45) is 0.388. The summed E-state index contributed by atoms with van der Waals surface area (Å²) in [6, 6.07) is 3.82. The van der Waals surface area contributed by atoms with Gasteiger partial charge in [0.15, 0.2) is 5.82 Å². The smallest absolute Gasteiger partial charge is 0.410 e. The number of aromatic nitrogens is 4. The van der Waals surface area contributed by atoms with E-state index in [-0.39, 0.29) is 6.09 Å². The van der Waals surface area contributed by atoms with E-state index in [1.807, 2.05) is 39.8 Å². The lowest BCUT2D eigenvalue weighted by molar-refractivity contribution is 0.0224. The molecule has 4 rings (SSSR count). The van der Waals surface area contributed by atoms with E-state index in [0.717, 1.165) is 33.5 Å². The number of ether oxygens (including phenoxy) is 1. The molecule has 0 atom stereocenters. The standard InChI is InChI=1S/C19H22ClN5O2/c1-10-7-14-15(8-12(10)20)22-17(21-14)16-11-9-25(6-5-13(11)23-24-16)18(26)27-19(2,3)4/h7-8H,5-6,9H2,1-4H3,(H,21,22)(H,23,24). The number of halogens is 1. The molecule has 3 heterocycles. The lowest BCUT2D eigenvalue weighted by Crippen LogP contribution is -2.39. The van der Waals surface area contributed by atoms with Crippen molar-refractivity contribution in [1.82, 2.24) is 25.1 Å². The third-order valence-electron chi connectivity index (χ3n) is 4.57. The third-order valence-corrected chi connectivity index (χ3v) is 4.98. The zero-order valence-electron chi connectivity index (χ0n) is 15.8. The number of aromatic amines is 2. The monoisotopic (exact) mass is 387 g/mol. The van der Waals surface area contributed by atoms with Crippen molar-refractivity contribution in [2.45, 2.75) is 46.3 Å². The van der Waals surface area contributed by atoms with Crippen molar-refractivity contribution < 1.29 is 9.53 Å². The Balaban J connectivity index is 1.66. The largest absolute Gasteiger partial charge is 0.444 e. The van der Waals surface area contributed by atoms with Crippen LogP contribution < -0.4 is 0 Å². The summed E-state index contributed by atoms with van der Waals surface area (Å²) in [6.45, 7) is 8.59. The van der Waals surface area contributed by atoms with E-state index in [1.54, 1.807) is 4.90 Å². The van der Waals surface area contributed by atoms with Crippen LogP contribution in [0.4, 0.5) is 4.79 Å². The summed E-state index contributed by atoms with van der Waals surface area (Å²) in [5.41, 5.74) is 4.88. The number of nitrogens with one attached hydrogen (secondary N) is 2. The van der Waals surface area contributed by atoms with Gasteiger partial charge in [0, 0.05) is 29.2 Å². The summed E-state index contributed by atoms with van der Waals surface area (Å²) in [5.74, 6) is 0.662. The summed E-state index contributed by atoms with van der Waals surface area (Å²) in [7, 11) is 0. The molecule has 1 aliphatic rings. The highest BCUT2D eigenvalue weighted by molar-refractivity contribution is 6.32. The minimum Gasteiger partial charge on any atom is -0.444 e. The van der Waals surface area contributed by atoms with Gasteiger partial charge in [0.2, 0.25) is 0 Å². The fourth-order valence-electron chi connectivity index (χ4n) is 3.22. The van der Waals surface area contributed by atoms with Gasteiger partial charge >= 0.3 is 6.09 Å². The molecule has 0 radical (unpaired) electrons. The second kappa shape index (κ2) is 6.27. The summed E-state index contributed by atoms with van der Waals surface area (Å²) >= 11 is 6.21. The highest BCUT2D eigenvalue weighted by Crippen LogP contribution is 2.30. The van der Waals surface area contributed by atoms with Crippen molar-refractivity contribution >= 4 is 28.7 Å². The molecule has 27 heavy (non-hydrogen) atoms. The van der Waals surface area contributed by atoms with Crippen molar-refractivity contribution in [2.75, 3.05) is 6.54 Å². The quantitative estimate of drug-likeness (QED) is 0.654. The maximum Gasteiger partial charge on any atom is 0.410 e. The minimum absolute atomic E-state index is 0.313. The van der Waals surface area contributed by atoms with E-state index in [9.17, 15) is 4.79 Å². The molecule has 7 nitrogen and oxygen atoms in total. The van der Waals surface area contributed by atoms with Crippen LogP contribution >= 0.6 is 11.6 Å². The maximum absolute atomic E-state index is 12.4. The Morgan fingerprint density at radius 1 is 1.33 bits per heavy atom. The first-order valence-corrected chi connectivity index (χ1v) is 9.29. The molecule has 142 valence electrons. The molecule has 0 spiro atoms. The summed E-state index contributed by atoms with van der Waals surface area (Å²) in [4.78, 5) is 22.1. The molecular formula is C19H22ClN5O2. The second-order valence-corrected chi connectivity index (χ2v) is 8.29. The molecule has 0 bridgehead atoms. The number of aryl methyl sites for hydroxylation is 1. The number of benzene rings is 1. The lowest BCUT2D eigenvalue weighted by atomic mass is 10.1. The van der Waals surface area contributed by atoms with Crippen molar-refractivity contribution in [3.63, 3.8) is 0 Å². The van der Waals surface area contributed by atoms with Crippen LogP contribution in [0.2, 0.25) is 5.02 Å². The first-order chi connectivity index (χ1) is 12.7. The van der Waals surface area contributed by atoms with E-state index in [1.165, 1.54) is 0 Å². The minimum atomic E-state index is -0.521. The van der Waals surface area contributed by atoms with Gasteiger partial charge in [-0.1, -0.05) is 11.6 Å². The first-order valence-electron chi connectivity index (χ1n) is 8.91. The topological polar surface area (TPSA) is 86.9 Å². The van der Waals surface area contributed by atoms with Crippen LogP contribution in [0.25, 0.3) is 22.6 Å². The zero-order chi connectivity index (χ0) is 19.3. The Labute approximate surface area is 162 Å². The van der Waals surface area contributed by atoms with Crippen LogP contribution in [-0.2, 0) is 17.7 Å². The number of imidazole rings is 1. The van der Waals surface area contributed by atoms with Gasteiger partial charge in [0.05, 0.1) is 17.6 Å². The van der Waals surface area contributed by atoms with Gasteiger partial charge < -0.3 is 14.6 Å². The van der Waals surface area contributed by atoms with Gasteiger partial charge in [0.25, 0.3) is 0 Å². The van der Waals surface area contributed by atoms with Crippen LogP contribution in [0, 0.1) is 6.92 Å². The predicted molar refractivity (Wildman–Crippen MR) is 104 cm³/mol. The van der Waals surface area contributed by atoms with Gasteiger partial charge in [-0.3, -0.25) is 5.10 Å². The van der Waals surface area contributed by atoms with Crippen LogP contribution in [-0.4, -0.2) is 43.3 Å². The summed E-state index contributed by atoms with van der Waals surface area (Å²) < 4.78 is 5.51. The van der Waals surface area contributed by atoms with Crippen molar-refractivity contribution in [2.24, 2.45) is 0 Å². The van der Waals surface area contributed by atoms with Crippen molar-refractivity contribution in [3.8, 4) is 11.5 Å². The van der Waals surface area contributed by atoms with E-state index < -0.39 is 5.60 Å². The van der Waals surface area contributed by atoms with E-state index in [0.29, 0.717) is 30.4 Å². The number of fused-ring (bicyclic) bond motifs is 2. The molecule has 0 unspecified atom stereocenters. The SMILES string of the molecule is Cc1cc2[nH]c(-c3n[nH]c4c3CN(C(=O)OC(C)(C)C)CC4)nc2cc1Cl. The molecule has 1 aromatic carbocycles. The maximum atomic E-state index is 12.4. The number of carbonyl (C=O) groups excluding carboxylic acids is 1. The second-order valence-electron chi connectivity index (χ2n) is 7.89. The fraction of sp³-hybridized carbons (Fsp3) is 0.421. The van der Waals surface area contributed by atoms with Gasteiger partial charge in [0.1, 0.15) is 11.3 Å². The molecule has 0 saturated carbocycles. The number of hydrogen-bond donors (Lipinski definition) is 2. The normalized spacial score (nSPS) is 14.5. The highest BCUT2D eigenvalue weighted by Gasteiger charge is 2.29. The number of carbonyl (C=O) groups is 1. The molecule has 1 aliphatic heterocycles. The Bertz CT molecular complexity index is 992. The molecule has 0 fully saturated rings. The van der Waals surface area contributed by atoms with Crippen molar-refractivity contribution in [3.05, 3.63) is 34.0 Å². The average molecular weight is 388 g/mol. The van der Waals surface area contributed by atoms with E-state index >= 15 is 0 Å². The highest BCUT2D eigenvalue weighted by atomic mass is 35.5. The molecule has 1 amide bonds. The first kappa shape index (κ1) is 17.9. The molecule has 0 aliphatic carbocycles. The van der Waals surface area contributed by atoms with Crippen LogP contribution in [0.3, 0.4) is 0 Å². The number of nitrogens with zero attached hydrogens (tertiary/aromatic N) is 3. The average Bonchev–Trinajstić information content (AvgIpc) is 3.16. The predicted octanol–water partition coefficient (Wildman–Crippen LogP) is 4.21. The molecule has 2 N–H and O–H groups in total. The van der Waals surface area contributed by atoms with E-state index in [4.69, 9.17) is 16.3 Å². The molecule has 2 aromatic heterocycles. The fourth-order valence-corrected chi connectivity index (χ4v) is 3.38.